The van der Waals surface area contributed by atoms with Crippen molar-refractivity contribution in [2.24, 2.45) is 11.8 Å². The molecule has 2 aliphatic carbocycles. The molecule has 0 atom stereocenters. The maximum absolute atomic E-state index is 9.03. The topological polar surface area (TPSA) is 36.4 Å². The van der Waals surface area contributed by atoms with E-state index in [4.69, 9.17) is 5.53 Å². The quantitative estimate of drug-likeness (QED) is 0.354. The Morgan fingerprint density at radius 1 is 0.846 bits per heavy atom. The van der Waals surface area contributed by atoms with Gasteiger partial charge < -0.3 is 5.53 Å². The summed E-state index contributed by atoms with van der Waals surface area (Å²) >= 11 is 0. The molecule has 0 aromatic rings. The van der Waals surface area contributed by atoms with E-state index in [1.807, 2.05) is 0 Å². The molecule has 0 amide bonds. The molecular formula is C11H18N2. The van der Waals surface area contributed by atoms with E-state index in [1.165, 1.54) is 51.4 Å². The first-order chi connectivity index (χ1) is 6.42. The summed E-state index contributed by atoms with van der Waals surface area (Å²) in [4.78, 5) is 3.57. The van der Waals surface area contributed by atoms with Crippen LogP contribution in [0.1, 0.15) is 51.4 Å². The summed E-state index contributed by atoms with van der Waals surface area (Å²) < 4.78 is 0. The predicted molar refractivity (Wildman–Crippen MR) is 52.5 cm³/mol. The smallest absolute Gasteiger partial charge is 0.274 e. The first-order valence-corrected chi connectivity index (χ1v) is 5.63. The van der Waals surface area contributed by atoms with Gasteiger partial charge in [-0.1, -0.05) is 25.7 Å². The Balaban J connectivity index is 2.03. The molecule has 0 radical (unpaired) electrons. The van der Waals surface area contributed by atoms with E-state index in [1.54, 1.807) is 0 Å². The zero-order valence-corrected chi connectivity index (χ0v) is 8.21. The first-order valence-electron chi connectivity index (χ1n) is 5.63. The Morgan fingerprint density at radius 2 is 1.23 bits per heavy atom. The maximum atomic E-state index is 9.03. The maximum Gasteiger partial charge on any atom is 0.274 e. The van der Waals surface area contributed by atoms with Crippen molar-refractivity contribution in [3.8, 4) is 0 Å². The Kier molecular flexibility index (Phi) is 2.80. The number of rotatable bonds is 2. The van der Waals surface area contributed by atoms with Gasteiger partial charge in [0, 0.05) is 0 Å². The van der Waals surface area contributed by atoms with Gasteiger partial charge in [0.1, 0.15) is 0 Å². The number of nitrogens with zero attached hydrogens (tertiary/aromatic N) is 2. The van der Waals surface area contributed by atoms with Gasteiger partial charge in [-0.05, 0) is 25.7 Å². The monoisotopic (exact) mass is 178 g/mol. The van der Waals surface area contributed by atoms with Gasteiger partial charge in [0.15, 0.2) is 0 Å². The van der Waals surface area contributed by atoms with Crippen LogP contribution in [-0.4, -0.2) is 10.5 Å². The Bertz CT molecular complexity index is 198. The lowest BCUT2D eigenvalue weighted by Crippen LogP contribution is -2.20. The van der Waals surface area contributed by atoms with E-state index in [9.17, 15) is 0 Å². The van der Waals surface area contributed by atoms with E-state index in [2.05, 4.69) is 4.79 Å². The van der Waals surface area contributed by atoms with Crippen LogP contribution in [0.15, 0.2) is 0 Å². The van der Waals surface area contributed by atoms with Gasteiger partial charge >= 0.3 is 0 Å². The molecule has 2 aliphatic rings. The molecule has 2 nitrogen and oxygen atoms in total. The van der Waals surface area contributed by atoms with Crippen LogP contribution in [0.2, 0.25) is 0 Å². The fraction of sp³-hybridized carbons (Fsp3) is 0.909. The summed E-state index contributed by atoms with van der Waals surface area (Å²) in [6.07, 6.45) is 10.4. The van der Waals surface area contributed by atoms with Crippen molar-refractivity contribution < 1.29 is 4.79 Å². The molecule has 0 spiro atoms. The van der Waals surface area contributed by atoms with Crippen LogP contribution >= 0.6 is 0 Å². The average Bonchev–Trinajstić information content (AvgIpc) is 2.76. The van der Waals surface area contributed by atoms with Crippen LogP contribution in [0.3, 0.4) is 0 Å². The van der Waals surface area contributed by atoms with Gasteiger partial charge in [-0.3, -0.25) is 0 Å². The van der Waals surface area contributed by atoms with Crippen LogP contribution in [0.5, 0.6) is 0 Å². The van der Waals surface area contributed by atoms with Crippen molar-refractivity contribution in [1.29, 1.82) is 0 Å². The standard InChI is InChI=1S/C11H18N2/c12-13-11(9-5-1-2-6-9)10-7-3-4-8-10/h9-10H,1-8H2. The van der Waals surface area contributed by atoms with Crippen molar-refractivity contribution in [2.75, 3.05) is 0 Å². The lowest BCUT2D eigenvalue weighted by Gasteiger charge is -2.08. The fourth-order valence-electron chi connectivity index (χ4n) is 2.94. The van der Waals surface area contributed by atoms with Crippen molar-refractivity contribution in [2.45, 2.75) is 51.4 Å². The van der Waals surface area contributed by atoms with E-state index in [0.717, 1.165) is 5.71 Å². The molecule has 13 heavy (non-hydrogen) atoms. The molecule has 2 rings (SSSR count). The Hall–Kier alpha value is -0.620. The molecule has 72 valence electrons. The number of hydrogen-bond acceptors (Lipinski definition) is 0. The summed E-state index contributed by atoms with van der Waals surface area (Å²) in [7, 11) is 0. The van der Waals surface area contributed by atoms with Crippen LogP contribution in [0.25, 0.3) is 5.53 Å². The number of hydrogen-bond donors (Lipinski definition) is 0. The second-order valence-electron chi connectivity index (χ2n) is 4.49. The third-order valence-corrected chi connectivity index (χ3v) is 3.66. The second kappa shape index (κ2) is 4.06. The van der Waals surface area contributed by atoms with Crippen molar-refractivity contribution in [3.63, 3.8) is 0 Å². The van der Waals surface area contributed by atoms with Crippen LogP contribution < -0.4 is 0 Å². The first kappa shape index (κ1) is 8.96. The highest BCUT2D eigenvalue weighted by Crippen LogP contribution is 2.34. The van der Waals surface area contributed by atoms with Gasteiger partial charge in [-0.25, -0.2) is 0 Å². The molecule has 0 N–H and O–H groups in total. The lowest BCUT2D eigenvalue weighted by molar-refractivity contribution is -0.0207. The van der Waals surface area contributed by atoms with Gasteiger partial charge in [-0.15, -0.1) is 0 Å². The van der Waals surface area contributed by atoms with E-state index < -0.39 is 0 Å². The molecule has 2 fully saturated rings. The predicted octanol–water partition coefficient (Wildman–Crippen LogP) is 3.04. The summed E-state index contributed by atoms with van der Waals surface area (Å²) in [5.74, 6) is 1.24. The van der Waals surface area contributed by atoms with Gasteiger partial charge in [0.25, 0.3) is 5.71 Å². The molecule has 0 aliphatic heterocycles. The SMILES string of the molecule is [N-]=[N+]=C(C1CCCC1)C1CCCC1. The van der Waals surface area contributed by atoms with Gasteiger partial charge in [0.05, 0.1) is 11.8 Å². The van der Waals surface area contributed by atoms with Crippen molar-refractivity contribution in [3.05, 3.63) is 5.53 Å². The molecule has 0 saturated heterocycles. The lowest BCUT2D eigenvalue weighted by atomic mass is 9.89. The largest absolute Gasteiger partial charge is 0.362 e. The summed E-state index contributed by atoms with van der Waals surface area (Å²) in [6, 6.07) is 0. The molecular weight excluding hydrogens is 160 g/mol. The highest BCUT2D eigenvalue weighted by molar-refractivity contribution is 5.84. The summed E-state index contributed by atoms with van der Waals surface area (Å²) in [5.41, 5.74) is 10.2. The molecule has 0 unspecified atom stereocenters. The normalized spacial score (nSPS) is 24.9. The summed E-state index contributed by atoms with van der Waals surface area (Å²) in [6.45, 7) is 0. The van der Waals surface area contributed by atoms with Crippen LogP contribution in [-0.2, 0) is 0 Å². The zero-order valence-electron chi connectivity index (χ0n) is 8.21. The van der Waals surface area contributed by atoms with Gasteiger partial charge in [-0.2, -0.15) is 4.79 Å². The van der Waals surface area contributed by atoms with E-state index in [0.29, 0.717) is 11.8 Å². The Labute approximate surface area is 80.0 Å². The van der Waals surface area contributed by atoms with Crippen molar-refractivity contribution >= 4 is 5.71 Å². The molecule has 0 heterocycles. The van der Waals surface area contributed by atoms with E-state index >= 15 is 0 Å². The highest BCUT2D eigenvalue weighted by Gasteiger charge is 2.35. The molecule has 0 aromatic carbocycles. The average molecular weight is 178 g/mol. The molecule has 2 heteroatoms. The van der Waals surface area contributed by atoms with E-state index in [-0.39, 0.29) is 0 Å². The minimum Gasteiger partial charge on any atom is -0.362 e. The second-order valence-corrected chi connectivity index (χ2v) is 4.49. The molecule has 2 saturated carbocycles. The van der Waals surface area contributed by atoms with Crippen molar-refractivity contribution in [1.82, 2.24) is 0 Å². The minimum absolute atomic E-state index is 0.619. The zero-order chi connectivity index (χ0) is 9.10. The van der Waals surface area contributed by atoms with Crippen LogP contribution in [0, 0.1) is 11.8 Å². The summed E-state index contributed by atoms with van der Waals surface area (Å²) in [5, 5.41) is 0. The fourth-order valence-corrected chi connectivity index (χ4v) is 2.94. The third kappa shape index (κ3) is 1.83. The molecule has 0 aromatic heterocycles. The Morgan fingerprint density at radius 3 is 1.54 bits per heavy atom. The molecule has 0 bridgehead atoms. The van der Waals surface area contributed by atoms with Gasteiger partial charge in [0.2, 0.25) is 0 Å². The minimum atomic E-state index is 0.619. The van der Waals surface area contributed by atoms with Crippen LogP contribution in [0.4, 0.5) is 0 Å². The highest BCUT2D eigenvalue weighted by atomic mass is 14.9. The third-order valence-electron chi connectivity index (χ3n) is 3.66.